The topological polar surface area (TPSA) is 33.1 Å². The maximum Gasteiger partial charge on any atom is 0.0992 e. The number of aliphatic hydroxyl groups is 1. The monoisotopic (exact) mass is 289 g/mol. The number of rotatable bonds is 1. The number of thiazole rings is 1. The van der Waals surface area contributed by atoms with Crippen molar-refractivity contribution in [3.05, 3.63) is 28.8 Å². The molecule has 0 spiro atoms. The van der Waals surface area contributed by atoms with Gasteiger partial charge in [0.05, 0.1) is 20.8 Å². The van der Waals surface area contributed by atoms with E-state index >= 15 is 0 Å². The van der Waals surface area contributed by atoms with Crippen LogP contribution in [0.3, 0.4) is 0 Å². The normalized spacial score (nSPS) is 19.4. The summed E-state index contributed by atoms with van der Waals surface area (Å²) in [7, 11) is 0. The number of nitrogens with zero attached hydrogens (tertiary/aromatic N) is 1. The van der Waals surface area contributed by atoms with E-state index in [0.717, 1.165) is 41.8 Å². The molecule has 0 saturated heterocycles. The van der Waals surface area contributed by atoms with Crippen molar-refractivity contribution in [3.8, 4) is 0 Å². The Morgan fingerprint density at radius 3 is 2.50 bits per heavy atom. The highest BCUT2D eigenvalue weighted by molar-refractivity contribution is 7.18. The van der Waals surface area contributed by atoms with Crippen LogP contribution in [0.1, 0.15) is 63.4 Å². The van der Waals surface area contributed by atoms with Crippen LogP contribution in [0, 0.1) is 0 Å². The Morgan fingerprint density at radius 1 is 1.15 bits per heavy atom. The quantitative estimate of drug-likeness (QED) is 0.822. The molecule has 3 rings (SSSR count). The highest BCUT2D eigenvalue weighted by Gasteiger charge is 2.33. The molecule has 1 aromatic heterocycles. The third-order valence-electron chi connectivity index (χ3n) is 4.24. The molecule has 2 aromatic rings. The zero-order chi connectivity index (χ0) is 14.4. The first-order valence-corrected chi connectivity index (χ1v) is 8.35. The van der Waals surface area contributed by atoms with Crippen molar-refractivity contribution >= 4 is 21.6 Å². The van der Waals surface area contributed by atoms with Crippen molar-refractivity contribution in [1.82, 2.24) is 4.98 Å². The van der Waals surface area contributed by atoms with Crippen LogP contribution in [0.15, 0.2) is 18.2 Å². The number of hydrogen-bond acceptors (Lipinski definition) is 3. The first-order chi connectivity index (χ1) is 9.40. The number of fused-ring (bicyclic) bond motifs is 1. The predicted molar refractivity (Wildman–Crippen MR) is 85.3 cm³/mol. The van der Waals surface area contributed by atoms with Gasteiger partial charge in [0.15, 0.2) is 0 Å². The van der Waals surface area contributed by atoms with Crippen LogP contribution in [-0.2, 0) is 11.0 Å². The molecule has 20 heavy (non-hydrogen) atoms. The third kappa shape index (κ3) is 2.38. The maximum atomic E-state index is 11.0. The van der Waals surface area contributed by atoms with E-state index in [9.17, 15) is 5.11 Å². The molecule has 1 saturated carbocycles. The molecule has 1 heterocycles. The van der Waals surface area contributed by atoms with E-state index in [0.29, 0.717) is 0 Å². The van der Waals surface area contributed by atoms with Crippen molar-refractivity contribution in [2.75, 3.05) is 0 Å². The van der Waals surface area contributed by atoms with E-state index in [-0.39, 0.29) is 5.41 Å². The summed E-state index contributed by atoms with van der Waals surface area (Å²) in [5.74, 6) is 0. The summed E-state index contributed by atoms with van der Waals surface area (Å²) in [6.07, 6.45) is 5.26. The molecular weight excluding hydrogens is 266 g/mol. The van der Waals surface area contributed by atoms with Crippen molar-refractivity contribution < 1.29 is 5.11 Å². The molecule has 108 valence electrons. The Morgan fingerprint density at radius 2 is 1.85 bits per heavy atom. The Balaban J connectivity index is 2.14. The van der Waals surface area contributed by atoms with Gasteiger partial charge in [0, 0.05) is 11.0 Å². The summed E-state index contributed by atoms with van der Waals surface area (Å²) in [4.78, 5) is 4.78. The number of hydrogen-bond donors (Lipinski definition) is 1. The second-order valence-corrected chi connectivity index (χ2v) is 8.01. The third-order valence-corrected chi connectivity index (χ3v) is 5.77. The standard InChI is InChI=1S/C17H23NOS/c1-16(2,3)15-18-13-9-7-8-12(14(13)20-15)17(19)10-5-4-6-11-17/h7-9,19H,4-6,10-11H2,1-3H3. The highest BCUT2D eigenvalue weighted by atomic mass is 32.1. The lowest BCUT2D eigenvalue weighted by Gasteiger charge is -2.32. The fraction of sp³-hybridized carbons (Fsp3) is 0.588. The molecule has 1 fully saturated rings. The lowest BCUT2D eigenvalue weighted by Crippen LogP contribution is -2.28. The summed E-state index contributed by atoms with van der Waals surface area (Å²) in [6, 6.07) is 6.20. The van der Waals surface area contributed by atoms with Gasteiger partial charge in [-0.15, -0.1) is 11.3 Å². The first-order valence-electron chi connectivity index (χ1n) is 7.53. The minimum absolute atomic E-state index is 0.0656. The lowest BCUT2D eigenvalue weighted by molar-refractivity contribution is 0.000895. The molecule has 1 aliphatic carbocycles. The number of benzene rings is 1. The smallest absolute Gasteiger partial charge is 0.0992 e. The van der Waals surface area contributed by atoms with Crippen LogP contribution >= 0.6 is 11.3 Å². The summed E-state index contributed by atoms with van der Waals surface area (Å²) in [5.41, 5.74) is 1.56. The molecule has 0 amide bonds. The minimum Gasteiger partial charge on any atom is -0.385 e. The van der Waals surface area contributed by atoms with Crippen molar-refractivity contribution in [2.24, 2.45) is 0 Å². The average Bonchev–Trinajstić information content (AvgIpc) is 2.83. The fourth-order valence-corrected chi connectivity index (χ4v) is 4.27. The fourth-order valence-electron chi connectivity index (χ4n) is 3.04. The summed E-state index contributed by atoms with van der Waals surface area (Å²) < 4.78 is 1.18. The number of aromatic nitrogens is 1. The molecular formula is C17H23NOS. The van der Waals surface area contributed by atoms with Crippen LogP contribution < -0.4 is 0 Å². The van der Waals surface area contributed by atoms with Gasteiger partial charge >= 0.3 is 0 Å². The summed E-state index contributed by atoms with van der Waals surface area (Å²) in [5, 5.41) is 12.2. The molecule has 0 unspecified atom stereocenters. The average molecular weight is 289 g/mol. The zero-order valence-electron chi connectivity index (χ0n) is 12.6. The maximum absolute atomic E-state index is 11.0. The Kier molecular flexibility index (Phi) is 3.38. The lowest BCUT2D eigenvalue weighted by atomic mass is 9.79. The van der Waals surface area contributed by atoms with E-state index in [1.165, 1.54) is 11.1 Å². The molecule has 0 atom stereocenters. The first kappa shape index (κ1) is 14.0. The molecule has 0 radical (unpaired) electrons. The Bertz CT molecular complexity index is 617. The van der Waals surface area contributed by atoms with Gasteiger partial charge in [-0.25, -0.2) is 4.98 Å². The molecule has 1 aliphatic rings. The van der Waals surface area contributed by atoms with Crippen molar-refractivity contribution in [1.29, 1.82) is 0 Å². The second kappa shape index (κ2) is 4.81. The van der Waals surface area contributed by atoms with Gasteiger partial charge in [-0.05, 0) is 18.9 Å². The van der Waals surface area contributed by atoms with Crippen molar-refractivity contribution in [3.63, 3.8) is 0 Å². The minimum atomic E-state index is -0.639. The van der Waals surface area contributed by atoms with Gasteiger partial charge in [-0.3, -0.25) is 0 Å². The van der Waals surface area contributed by atoms with Crippen LogP contribution in [0.25, 0.3) is 10.2 Å². The van der Waals surface area contributed by atoms with Crippen LogP contribution in [-0.4, -0.2) is 10.1 Å². The SMILES string of the molecule is CC(C)(C)c1nc2cccc(C3(O)CCCCC3)c2s1. The molecule has 1 aromatic carbocycles. The Labute approximate surface area is 124 Å². The van der Waals surface area contributed by atoms with E-state index in [2.05, 4.69) is 32.9 Å². The molecule has 3 heteroatoms. The van der Waals surface area contributed by atoms with Gasteiger partial charge in [-0.1, -0.05) is 52.2 Å². The molecule has 2 nitrogen and oxygen atoms in total. The van der Waals surface area contributed by atoms with Gasteiger partial charge in [0.1, 0.15) is 0 Å². The summed E-state index contributed by atoms with van der Waals surface area (Å²) in [6.45, 7) is 6.58. The van der Waals surface area contributed by atoms with Gasteiger partial charge in [-0.2, -0.15) is 0 Å². The Hall–Kier alpha value is -0.930. The molecule has 0 aliphatic heterocycles. The van der Waals surface area contributed by atoms with Gasteiger partial charge in [0.2, 0.25) is 0 Å². The largest absolute Gasteiger partial charge is 0.385 e. The summed E-state index contributed by atoms with van der Waals surface area (Å²) >= 11 is 1.75. The zero-order valence-corrected chi connectivity index (χ0v) is 13.4. The molecule has 1 N–H and O–H groups in total. The van der Waals surface area contributed by atoms with E-state index < -0.39 is 5.60 Å². The van der Waals surface area contributed by atoms with Gasteiger partial charge < -0.3 is 5.11 Å². The molecule has 0 bridgehead atoms. The second-order valence-electron chi connectivity index (χ2n) is 7.02. The van der Waals surface area contributed by atoms with Crippen LogP contribution in [0.5, 0.6) is 0 Å². The van der Waals surface area contributed by atoms with Crippen molar-refractivity contribution in [2.45, 2.75) is 63.9 Å². The van der Waals surface area contributed by atoms with Crippen LogP contribution in [0.4, 0.5) is 0 Å². The van der Waals surface area contributed by atoms with E-state index in [1.54, 1.807) is 11.3 Å². The van der Waals surface area contributed by atoms with E-state index in [1.807, 2.05) is 6.07 Å². The van der Waals surface area contributed by atoms with Gasteiger partial charge in [0.25, 0.3) is 0 Å². The van der Waals surface area contributed by atoms with E-state index in [4.69, 9.17) is 4.98 Å². The predicted octanol–water partition coefficient (Wildman–Crippen LogP) is 4.75. The van der Waals surface area contributed by atoms with Crippen LogP contribution in [0.2, 0.25) is 0 Å². The highest BCUT2D eigenvalue weighted by Crippen LogP contribution is 2.42.